The Balaban J connectivity index is 1.03. The lowest BCUT2D eigenvalue weighted by Crippen LogP contribution is -2.40. The number of anilines is 2. The quantitative estimate of drug-likeness (QED) is 0.287. The Hall–Kier alpha value is -3.81. The minimum absolute atomic E-state index is 0.00616. The maximum Gasteiger partial charge on any atom is 0.316 e. The highest BCUT2D eigenvalue weighted by atomic mass is 19.1. The van der Waals surface area contributed by atoms with Crippen LogP contribution in [0.15, 0.2) is 60.7 Å². The summed E-state index contributed by atoms with van der Waals surface area (Å²) in [6, 6.07) is 11.9. The van der Waals surface area contributed by atoms with E-state index in [9.17, 15) is 23.6 Å². The van der Waals surface area contributed by atoms with Gasteiger partial charge in [0.2, 0.25) is 17.7 Å². The zero-order valence-electron chi connectivity index (χ0n) is 19.2. The highest BCUT2D eigenvalue weighted by Gasteiger charge is 2.67. The molecule has 2 aromatic rings. The first kappa shape index (κ1) is 21.5. The average molecular weight is 486 g/mol. The average Bonchev–Trinajstić information content (AvgIpc) is 3.56. The van der Waals surface area contributed by atoms with Crippen molar-refractivity contribution >= 4 is 35.1 Å². The number of halogens is 1. The van der Waals surface area contributed by atoms with Crippen molar-refractivity contribution in [1.29, 1.82) is 0 Å². The van der Waals surface area contributed by atoms with Gasteiger partial charge in [-0.2, -0.15) is 0 Å². The number of imide groups is 1. The second kappa shape index (κ2) is 7.59. The van der Waals surface area contributed by atoms with Crippen LogP contribution in [0.3, 0.4) is 0 Å². The molecule has 3 amide bonds. The Morgan fingerprint density at radius 3 is 2.03 bits per heavy atom. The maximum atomic E-state index is 13.3. The van der Waals surface area contributed by atoms with Crippen LogP contribution in [0.2, 0.25) is 0 Å². The summed E-state index contributed by atoms with van der Waals surface area (Å²) < 4.78 is 18.7. The summed E-state index contributed by atoms with van der Waals surface area (Å²) >= 11 is 0. The van der Waals surface area contributed by atoms with E-state index < -0.39 is 17.7 Å². The molecular formula is C28H23FN2O5. The molecule has 7 atom stereocenters. The van der Waals surface area contributed by atoms with Crippen LogP contribution >= 0.6 is 0 Å². The summed E-state index contributed by atoms with van der Waals surface area (Å²) in [5, 5.41) is 0. The molecule has 7 nitrogen and oxygen atoms in total. The van der Waals surface area contributed by atoms with Crippen LogP contribution in [0.25, 0.3) is 0 Å². The van der Waals surface area contributed by atoms with Crippen LogP contribution < -0.4 is 14.5 Å². The van der Waals surface area contributed by atoms with Crippen molar-refractivity contribution in [2.45, 2.75) is 12.8 Å². The number of allylic oxidation sites excluding steroid dienone is 2. The molecule has 8 rings (SSSR count). The normalized spacial score (nSPS) is 33.7. The van der Waals surface area contributed by atoms with Gasteiger partial charge in [0, 0.05) is 18.7 Å². The van der Waals surface area contributed by atoms with Gasteiger partial charge in [-0.25, -0.2) is 4.39 Å². The van der Waals surface area contributed by atoms with Crippen molar-refractivity contribution in [1.82, 2.24) is 0 Å². The fourth-order valence-corrected chi connectivity index (χ4v) is 6.81. The van der Waals surface area contributed by atoms with E-state index in [1.54, 1.807) is 24.3 Å². The molecule has 4 aliphatic carbocycles. The van der Waals surface area contributed by atoms with E-state index in [0.29, 0.717) is 23.2 Å². The minimum atomic E-state index is -0.651. The van der Waals surface area contributed by atoms with E-state index in [1.807, 2.05) is 0 Å². The molecule has 6 aliphatic rings. The van der Waals surface area contributed by atoms with Gasteiger partial charge in [-0.1, -0.05) is 12.2 Å². The molecule has 2 aromatic carbocycles. The first-order chi connectivity index (χ1) is 17.4. The van der Waals surface area contributed by atoms with Crippen molar-refractivity contribution in [3.05, 3.63) is 66.5 Å². The molecule has 0 spiro atoms. The van der Waals surface area contributed by atoms with Crippen molar-refractivity contribution in [2.75, 3.05) is 16.3 Å². The monoisotopic (exact) mass is 486 g/mol. The van der Waals surface area contributed by atoms with Crippen LogP contribution in [-0.2, 0) is 19.2 Å². The topological polar surface area (TPSA) is 84.0 Å². The molecule has 2 heterocycles. The lowest BCUT2D eigenvalue weighted by molar-refractivity contribution is -0.139. The van der Waals surface area contributed by atoms with Crippen LogP contribution in [0.5, 0.6) is 5.75 Å². The number of hydrogen-bond acceptors (Lipinski definition) is 5. The third-order valence-electron chi connectivity index (χ3n) is 8.57. The number of esters is 1. The standard InChI is InChI=1S/C28H23FN2O5/c29-15-1-3-16(4-2-15)30-13-14(11-23(30)32)28(35)36-18-7-5-17(6-8-18)31-26(33)24-19-9-10-20(22-12-21(19)22)25(24)27(31)34/h1-10,14,19-22,24-25H,11-13H2/t14-,19+,20+,21-,22+,24-,25-/m1/s1. The number of carbonyl (C=O) groups is 4. The van der Waals surface area contributed by atoms with Crippen molar-refractivity contribution in [3.8, 4) is 5.75 Å². The molecule has 0 aromatic heterocycles. The summed E-state index contributed by atoms with van der Waals surface area (Å²) in [6.45, 7) is 0.152. The number of ether oxygens (including phenoxy) is 1. The molecule has 0 N–H and O–H groups in total. The summed E-state index contributed by atoms with van der Waals surface area (Å²) in [5.41, 5.74) is 1.01. The Kier molecular flexibility index (Phi) is 4.53. The first-order valence-corrected chi connectivity index (χ1v) is 12.3. The van der Waals surface area contributed by atoms with Gasteiger partial charge >= 0.3 is 5.97 Å². The number of amides is 3. The van der Waals surface area contributed by atoms with Gasteiger partial charge in [-0.05, 0) is 78.6 Å². The summed E-state index contributed by atoms with van der Waals surface area (Å²) in [4.78, 5) is 54.4. The van der Waals surface area contributed by atoms with E-state index in [0.717, 1.165) is 6.42 Å². The lowest BCUT2D eigenvalue weighted by atomic mass is 9.63. The highest BCUT2D eigenvalue weighted by molar-refractivity contribution is 6.22. The van der Waals surface area contributed by atoms with Gasteiger partial charge in [0.15, 0.2) is 0 Å². The highest BCUT2D eigenvalue weighted by Crippen LogP contribution is 2.65. The number of rotatable bonds is 4. The van der Waals surface area contributed by atoms with Gasteiger partial charge < -0.3 is 9.64 Å². The van der Waals surface area contributed by atoms with Crippen LogP contribution in [0.4, 0.5) is 15.8 Å². The predicted molar refractivity (Wildman–Crippen MR) is 126 cm³/mol. The van der Waals surface area contributed by atoms with E-state index in [4.69, 9.17) is 4.74 Å². The molecule has 2 saturated carbocycles. The molecular weight excluding hydrogens is 463 g/mol. The van der Waals surface area contributed by atoms with Gasteiger partial charge in [-0.15, -0.1) is 0 Å². The Morgan fingerprint density at radius 2 is 1.42 bits per heavy atom. The van der Waals surface area contributed by atoms with E-state index in [1.165, 1.54) is 34.1 Å². The fourth-order valence-electron chi connectivity index (χ4n) is 6.81. The molecule has 2 bridgehead atoms. The van der Waals surface area contributed by atoms with E-state index >= 15 is 0 Å². The molecule has 2 aliphatic heterocycles. The molecule has 2 saturated heterocycles. The summed E-state index contributed by atoms with van der Waals surface area (Å²) in [7, 11) is 0. The second-order valence-electron chi connectivity index (χ2n) is 10.5. The zero-order chi connectivity index (χ0) is 24.7. The van der Waals surface area contributed by atoms with Gasteiger partial charge in [0.1, 0.15) is 11.6 Å². The molecule has 182 valence electrons. The third kappa shape index (κ3) is 3.09. The van der Waals surface area contributed by atoms with Crippen molar-refractivity contribution in [3.63, 3.8) is 0 Å². The zero-order valence-corrected chi connectivity index (χ0v) is 19.2. The Labute approximate surface area is 206 Å². The van der Waals surface area contributed by atoms with Gasteiger partial charge in [0.05, 0.1) is 23.4 Å². The fraction of sp³-hybridized carbons (Fsp3) is 0.357. The van der Waals surface area contributed by atoms with E-state index in [-0.39, 0.29) is 60.1 Å². The number of benzene rings is 2. The molecule has 36 heavy (non-hydrogen) atoms. The SMILES string of the molecule is O=C(Oc1ccc(N2C(=O)[C@@H]3[C@H]4C=C[C@@H]([C@@H]5C[C@H]45)[C@H]3C2=O)cc1)[C@@H]1CC(=O)N(c2ccc(F)cc2)C1. The van der Waals surface area contributed by atoms with Crippen LogP contribution in [-0.4, -0.2) is 30.2 Å². The minimum Gasteiger partial charge on any atom is -0.426 e. The van der Waals surface area contributed by atoms with Crippen molar-refractivity contribution in [2.24, 2.45) is 41.4 Å². The van der Waals surface area contributed by atoms with Crippen LogP contribution in [0, 0.1) is 47.2 Å². The van der Waals surface area contributed by atoms with E-state index in [2.05, 4.69) is 12.2 Å². The largest absolute Gasteiger partial charge is 0.426 e. The molecule has 4 fully saturated rings. The van der Waals surface area contributed by atoms with Crippen molar-refractivity contribution < 1.29 is 28.3 Å². The first-order valence-electron chi connectivity index (χ1n) is 12.3. The smallest absolute Gasteiger partial charge is 0.316 e. The predicted octanol–water partition coefficient (Wildman–Crippen LogP) is 3.34. The Bertz CT molecular complexity index is 1300. The number of carbonyl (C=O) groups excluding carboxylic acids is 4. The lowest BCUT2D eigenvalue weighted by Gasteiger charge is -2.37. The maximum absolute atomic E-state index is 13.3. The van der Waals surface area contributed by atoms with Gasteiger partial charge in [0.25, 0.3) is 0 Å². The molecule has 8 heteroatoms. The molecule has 0 unspecified atom stereocenters. The Morgan fingerprint density at radius 1 is 0.833 bits per heavy atom. The second-order valence-corrected chi connectivity index (χ2v) is 10.5. The summed E-state index contributed by atoms with van der Waals surface area (Å²) in [6.07, 6.45) is 5.40. The summed E-state index contributed by atoms with van der Waals surface area (Å²) in [5.74, 6) is -0.939. The third-order valence-corrected chi connectivity index (χ3v) is 8.57. The molecule has 0 radical (unpaired) electrons. The van der Waals surface area contributed by atoms with Crippen LogP contribution in [0.1, 0.15) is 12.8 Å². The van der Waals surface area contributed by atoms with Gasteiger partial charge in [-0.3, -0.25) is 24.1 Å². The number of nitrogens with zero attached hydrogens (tertiary/aromatic N) is 2. The number of hydrogen-bond donors (Lipinski definition) is 0.